The Morgan fingerprint density at radius 3 is 1.76 bits per heavy atom. The van der Waals surface area contributed by atoms with Crippen LogP contribution in [0.2, 0.25) is 0 Å². The smallest absolute Gasteiger partial charge is 0.0217 e. The third-order valence-corrected chi connectivity index (χ3v) is 2.45. The van der Waals surface area contributed by atoms with Gasteiger partial charge < -0.3 is 0 Å². The zero-order valence-corrected chi connectivity index (χ0v) is 13.1. The van der Waals surface area contributed by atoms with Gasteiger partial charge in [0.15, 0.2) is 0 Å². The minimum absolute atomic E-state index is 1.16. The second-order valence-electron chi connectivity index (χ2n) is 3.40. The summed E-state index contributed by atoms with van der Waals surface area (Å²) in [6.45, 7) is 19.9. The molecule has 0 aliphatic rings. The van der Waals surface area contributed by atoms with E-state index in [-0.39, 0.29) is 0 Å². The van der Waals surface area contributed by atoms with Gasteiger partial charge in [0.05, 0.1) is 0 Å². The molecule has 0 aromatic carbocycles. The van der Waals surface area contributed by atoms with Crippen LogP contribution >= 0.6 is 0 Å². The van der Waals surface area contributed by atoms with E-state index in [0.717, 1.165) is 6.42 Å². The molecule has 1 nitrogen and oxygen atoms in total. The van der Waals surface area contributed by atoms with Crippen molar-refractivity contribution >= 4 is 6.72 Å². The van der Waals surface area contributed by atoms with Gasteiger partial charge in [-0.15, -0.1) is 0 Å². The van der Waals surface area contributed by atoms with Gasteiger partial charge in [-0.25, -0.2) is 0 Å². The Balaban J connectivity index is -0.000000236. The standard InChI is InChI=1S/C10H18.C4H7N.C2H6/c1-6-8(3)10(5)9(4)7-2;1-3-4-5-2;1-2/h6H,7H2,1-5H3;3-4H,2H2,1H3;1-2H3/b8-6-,10-9+;4-3+;. The molecule has 0 aliphatic heterocycles. The van der Waals surface area contributed by atoms with Gasteiger partial charge in [-0.3, -0.25) is 4.99 Å². The molecular formula is C16H31N. The number of nitrogens with zero attached hydrogens (tertiary/aromatic N) is 1. The lowest BCUT2D eigenvalue weighted by Gasteiger charge is -2.04. The van der Waals surface area contributed by atoms with Crippen LogP contribution in [0, 0.1) is 0 Å². The lowest BCUT2D eigenvalue weighted by molar-refractivity contribution is 1.05. The third kappa shape index (κ3) is 14.9. The summed E-state index contributed by atoms with van der Waals surface area (Å²) in [6, 6.07) is 0. The molecule has 0 N–H and O–H groups in total. The van der Waals surface area contributed by atoms with E-state index < -0.39 is 0 Å². The van der Waals surface area contributed by atoms with Crippen molar-refractivity contribution < 1.29 is 0 Å². The first-order valence-electron chi connectivity index (χ1n) is 6.41. The Morgan fingerprint density at radius 2 is 1.59 bits per heavy atom. The van der Waals surface area contributed by atoms with Crippen molar-refractivity contribution in [2.24, 2.45) is 4.99 Å². The molecule has 1 heteroatoms. The van der Waals surface area contributed by atoms with Crippen LogP contribution in [0.1, 0.15) is 61.8 Å². The predicted octanol–water partition coefficient (Wildman–Crippen LogP) is 5.95. The number of hydrogen-bond acceptors (Lipinski definition) is 1. The maximum Gasteiger partial charge on any atom is 0.0217 e. The molecule has 0 atom stereocenters. The first-order valence-corrected chi connectivity index (χ1v) is 6.41. The number of rotatable bonds is 3. The Hall–Kier alpha value is -1.11. The van der Waals surface area contributed by atoms with E-state index in [2.05, 4.69) is 52.4 Å². The van der Waals surface area contributed by atoms with Crippen LogP contribution in [0.25, 0.3) is 0 Å². The SMILES string of the molecule is C/C=C(C)\C(C)=C(/C)CC.C=N/C=C/C.CC. The van der Waals surface area contributed by atoms with Crippen LogP contribution in [0.5, 0.6) is 0 Å². The highest BCUT2D eigenvalue weighted by atomic mass is 14.6. The van der Waals surface area contributed by atoms with Crippen LogP contribution in [0.4, 0.5) is 0 Å². The molecule has 0 fully saturated rings. The average molecular weight is 237 g/mol. The van der Waals surface area contributed by atoms with Crippen molar-refractivity contribution in [3.8, 4) is 0 Å². The molecule has 0 saturated heterocycles. The summed E-state index contributed by atoms with van der Waals surface area (Å²) < 4.78 is 0. The minimum atomic E-state index is 1.16. The van der Waals surface area contributed by atoms with E-state index in [9.17, 15) is 0 Å². The summed E-state index contributed by atoms with van der Waals surface area (Å²) in [5, 5.41) is 0. The highest BCUT2D eigenvalue weighted by molar-refractivity contribution is 5.30. The highest BCUT2D eigenvalue weighted by Crippen LogP contribution is 2.15. The van der Waals surface area contributed by atoms with Gasteiger partial charge in [-0.05, 0) is 53.3 Å². The molecule has 0 unspecified atom stereocenters. The van der Waals surface area contributed by atoms with E-state index in [1.54, 1.807) is 6.20 Å². The lowest BCUT2D eigenvalue weighted by Crippen LogP contribution is -1.84. The zero-order chi connectivity index (χ0) is 14.3. The van der Waals surface area contributed by atoms with Gasteiger partial charge in [0.2, 0.25) is 0 Å². The normalized spacial score (nSPS) is 11.9. The molecule has 0 spiro atoms. The first-order chi connectivity index (χ1) is 8.04. The van der Waals surface area contributed by atoms with Crippen LogP contribution < -0.4 is 0 Å². The fourth-order valence-electron chi connectivity index (χ4n) is 0.924. The molecule has 0 amide bonds. The second-order valence-corrected chi connectivity index (χ2v) is 3.40. The molecule has 0 radical (unpaired) electrons. The second kappa shape index (κ2) is 17.3. The highest BCUT2D eigenvalue weighted by Gasteiger charge is 1.94. The molecular weight excluding hydrogens is 206 g/mol. The number of allylic oxidation sites excluding steroid dienone is 5. The fraction of sp³-hybridized carbons (Fsp3) is 0.562. The number of hydrogen-bond donors (Lipinski definition) is 0. The Labute approximate surface area is 109 Å². The van der Waals surface area contributed by atoms with Crippen molar-refractivity contribution in [2.75, 3.05) is 0 Å². The summed E-state index contributed by atoms with van der Waals surface area (Å²) in [7, 11) is 0. The summed E-state index contributed by atoms with van der Waals surface area (Å²) in [6.07, 6.45) is 6.79. The van der Waals surface area contributed by atoms with Crippen molar-refractivity contribution in [3.63, 3.8) is 0 Å². The summed E-state index contributed by atoms with van der Waals surface area (Å²) in [5.41, 5.74) is 4.35. The van der Waals surface area contributed by atoms with Gasteiger partial charge >= 0.3 is 0 Å². The van der Waals surface area contributed by atoms with Crippen LogP contribution in [-0.2, 0) is 0 Å². The molecule has 0 bridgehead atoms. The average Bonchev–Trinajstić information content (AvgIpc) is 2.40. The molecule has 17 heavy (non-hydrogen) atoms. The molecule has 0 aromatic rings. The molecule has 0 aliphatic carbocycles. The lowest BCUT2D eigenvalue weighted by atomic mass is 10.0. The first kappa shape index (κ1) is 21.2. The van der Waals surface area contributed by atoms with Crippen LogP contribution in [0.15, 0.2) is 40.1 Å². The summed E-state index contributed by atoms with van der Waals surface area (Å²) >= 11 is 0. The van der Waals surface area contributed by atoms with Crippen molar-refractivity contribution in [2.45, 2.75) is 61.8 Å². The topological polar surface area (TPSA) is 12.4 Å². The Bertz CT molecular complexity index is 255. The predicted molar refractivity (Wildman–Crippen MR) is 83.8 cm³/mol. The third-order valence-electron chi connectivity index (χ3n) is 2.45. The van der Waals surface area contributed by atoms with Crippen molar-refractivity contribution in [1.29, 1.82) is 0 Å². The summed E-state index contributed by atoms with van der Waals surface area (Å²) in [5.74, 6) is 0. The zero-order valence-electron chi connectivity index (χ0n) is 13.1. The quantitative estimate of drug-likeness (QED) is 0.425. The molecule has 0 aromatic heterocycles. The van der Waals surface area contributed by atoms with Crippen molar-refractivity contribution in [3.05, 3.63) is 35.1 Å². The van der Waals surface area contributed by atoms with Gasteiger partial charge in [-0.1, -0.05) is 44.1 Å². The van der Waals surface area contributed by atoms with Crippen LogP contribution in [0.3, 0.4) is 0 Å². The van der Waals surface area contributed by atoms with E-state index in [1.165, 1.54) is 16.7 Å². The molecule has 100 valence electrons. The maximum absolute atomic E-state index is 3.42. The monoisotopic (exact) mass is 237 g/mol. The van der Waals surface area contributed by atoms with Gasteiger partial charge in [0, 0.05) is 6.20 Å². The van der Waals surface area contributed by atoms with E-state index in [1.807, 2.05) is 26.8 Å². The molecule has 0 rings (SSSR count). The Kier molecular flexibility index (Phi) is 21.6. The van der Waals surface area contributed by atoms with Gasteiger partial charge in [0.25, 0.3) is 0 Å². The van der Waals surface area contributed by atoms with Crippen LogP contribution in [-0.4, -0.2) is 6.72 Å². The fourth-order valence-corrected chi connectivity index (χ4v) is 0.924. The number of aliphatic imine (C=N–C) groups is 1. The molecule has 0 heterocycles. The van der Waals surface area contributed by atoms with Gasteiger partial charge in [-0.2, -0.15) is 0 Å². The Morgan fingerprint density at radius 1 is 1.12 bits per heavy atom. The van der Waals surface area contributed by atoms with E-state index in [0.29, 0.717) is 0 Å². The van der Waals surface area contributed by atoms with E-state index >= 15 is 0 Å². The largest absolute Gasteiger partial charge is 0.273 e. The molecule has 0 saturated carbocycles. The summed E-state index contributed by atoms with van der Waals surface area (Å²) in [4.78, 5) is 3.42. The maximum atomic E-state index is 3.42. The van der Waals surface area contributed by atoms with E-state index in [4.69, 9.17) is 0 Å². The minimum Gasteiger partial charge on any atom is -0.273 e. The van der Waals surface area contributed by atoms with Gasteiger partial charge in [0.1, 0.15) is 0 Å². The van der Waals surface area contributed by atoms with Crippen molar-refractivity contribution in [1.82, 2.24) is 0 Å².